The topological polar surface area (TPSA) is 17.1 Å². The fourth-order valence-electron chi connectivity index (χ4n) is 1.61. The van der Waals surface area contributed by atoms with Crippen LogP contribution in [0.2, 0.25) is 10.0 Å². The van der Waals surface area contributed by atoms with Crippen molar-refractivity contribution >= 4 is 40.3 Å². The molecule has 4 heteroatoms. The first kappa shape index (κ1) is 12.6. The van der Waals surface area contributed by atoms with Crippen molar-refractivity contribution in [2.24, 2.45) is 0 Å². The van der Waals surface area contributed by atoms with E-state index in [4.69, 9.17) is 23.2 Å². The number of hydrogen-bond acceptors (Lipinski definition) is 2. The lowest BCUT2D eigenvalue weighted by Gasteiger charge is -2.04. The molecule has 0 aliphatic heterocycles. The summed E-state index contributed by atoms with van der Waals surface area (Å²) in [5.41, 5.74) is 1.59. The van der Waals surface area contributed by atoms with E-state index >= 15 is 0 Å². The Kier molecular flexibility index (Phi) is 3.87. The Hall–Kier alpha value is -0.830. The molecule has 0 amide bonds. The molecule has 0 aliphatic carbocycles. The van der Waals surface area contributed by atoms with Gasteiger partial charge >= 0.3 is 0 Å². The molecular weight excluding hydrogens is 275 g/mol. The lowest BCUT2D eigenvalue weighted by molar-refractivity contribution is 0.0993. The molecule has 0 unspecified atom stereocenters. The number of halogens is 2. The predicted molar refractivity (Wildman–Crippen MR) is 73.6 cm³/mol. The average molecular weight is 285 g/mol. The third-order valence-corrected chi connectivity index (χ3v) is 3.96. The van der Waals surface area contributed by atoms with Crippen molar-refractivity contribution < 1.29 is 4.79 Å². The number of carbonyl (C=O) groups excluding carboxylic acids is 1. The van der Waals surface area contributed by atoms with E-state index in [1.807, 2.05) is 18.4 Å². The molecule has 0 fully saturated rings. The zero-order valence-electron chi connectivity index (χ0n) is 9.17. The molecule has 1 heterocycles. The summed E-state index contributed by atoms with van der Waals surface area (Å²) < 4.78 is 0. The molecule has 1 nitrogen and oxygen atoms in total. The summed E-state index contributed by atoms with van der Waals surface area (Å²) in [7, 11) is 0. The maximum Gasteiger partial charge on any atom is 0.168 e. The van der Waals surface area contributed by atoms with E-state index in [2.05, 4.69) is 0 Å². The Labute approximate surface area is 114 Å². The van der Waals surface area contributed by atoms with Crippen molar-refractivity contribution in [3.8, 4) is 0 Å². The van der Waals surface area contributed by atoms with Gasteiger partial charge in [-0.15, -0.1) is 11.3 Å². The van der Waals surface area contributed by atoms with E-state index in [0.29, 0.717) is 16.5 Å². The SMILES string of the molecule is Cc1sccc1C(=O)Cc1ccc(Cl)cc1Cl. The zero-order chi connectivity index (χ0) is 12.4. The monoisotopic (exact) mass is 284 g/mol. The number of Topliss-reactive ketones (excluding diaryl/α,β-unsaturated/α-hetero) is 1. The van der Waals surface area contributed by atoms with Crippen LogP contribution in [0.5, 0.6) is 0 Å². The van der Waals surface area contributed by atoms with Gasteiger partial charge in [-0.2, -0.15) is 0 Å². The second kappa shape index (κ2) is 5.21. The standard InChI is InChI=1S/C13H10Cl2OS/c1-8-11(4-5-17-8)13(16)6-9-2-3-10(14)7-12(9)15/h2-5,7H,6H2,1H3. The summed E-state index contributed by atoms with van der Waals surface area (Å²) >= 11 is 13.4. The maximum atomic E-state index is 12.0. The van der Waals surface area contributed by atoms with E-state index in [0.717, 1.165) is 16.0 Å². The van der Waals surface area contributed by atoms with Gasteiger partial charge in [-0.05, 0) is 36.1 Å². The molecule has 0 saturated heterocycles. The van der Waals surface area contributed by atoms with Gasteiger partial charge in [-0.25, -0.2) is 0 Å². The molecule has 1 aromatic heterocycles. The fourth-order valence-corrected chi connectivity index (χ4v) is 2.80. The minimum absolute atomic E-state index is 0.0907. The molecule has 17 heavy (non-hydrogen) atoms. The molecule has 1 aromatic carbocycles. The van der Waals surface area contributed by atoms with Gasteiger partial charge in [-0.1, -0.05) is 29.3 Å². The molecule has 0 spiro atoms. The van der Waals surface area contributed by atoms with Gasteiger partial charge in [0, 0.05) is 26.9 Å². The second-order valence-electron chi connectivity index (χ2n) is 3.73. The number of rotatable bonds is 3. The van der Waals surface area contributed by atoms with E-state index in [-0.39, 0.29) is 5.78 Å². The van der Waals surface area contributed by atoms with Gasteiger partial charge in [0.1, 0.15) is 0 Å². The van der Waals surface area contributed by atoms with E-state index in [1.54, 1.807) is 29.5 Å². The van der Waals surface area contributed by atoms with Crippen LogP contribution in [0.3, 0.4) is 0 Å². The number of hydrogen-bond donors (Lipinski definition) is 0. The molecule has 88 valence electrons. The first-order valence-electron chi connectivity index (χ1n) is 5.09. The quantitative estimate of drug-likeness (QED) is 0.741. The highest BCUT2D eigenvalue weighted by Gasteiger charge is 2.12. The highest BCUT2D eigenvalue weighted by Crippen LogP contribution is 2.24. The summed E-state index contributed by atoms with van der Waals surface area (Å²) in [6.45, 7) is 1.95. The Morgan fingerprint density at radius 3 is 2.65 bits per heavy atom. The number of thiophene rings is 1. The Bertz CT molecular complexity index is 560. The predicted octanol–water partition coefficient (Wildman–Crippen LogP) is 4.79. The van der Waals surface area contributed by atoms with Crippen molar-refractivity contribution in [1.29, 1.82) is 0 Å². The Morgan fingerprint density at radius 2 is 2.06 bits per heavy atom. The highest BCUT2D eigenvalue weighted by molar-refractivity contribution is 7.10. The lowest BCUT2D eigenvalue weighted by atomic mass is 10.0. The Morgan fingerprint density at radius 1 is 1.29 bits per heavy atom. The van der Waals surface area contributed by atoms with Crippen LogP contribution in [0.4, 0.5) is 0 Å². The van der Waals surface area contributed by atoms with E-state index in [9.17, 15) is 4.79 Å². The molecule has 2 aromatic rings. The van der Waals surface area contributed by atoms with Crippen LogP contribution in [0.1, 0.15) is 20.8 Å². The lowest BCUT2D eigenvalue weighted by Crippen LogP contribution is -2.04. The number of ketones is 1. The summed E-state index contributed by atoms with van der Waals surface area (Å²) in [6.07, 6.45) is 0.313. The normalized spacial score (nSPS) is 10.5. The van der Waals surface area contributed by atoms with Gasteiger partial charge in [0.2, 0.25) is 0 Å². The fraction of sp³-hybridized carbons (Fsp3) is 0.154. The first-order valence-corrected chi connectivity index (χ1v) is 6.72. The smallest absolute Gasteiger partial charge is 0.168 e. The molecule has 0 saturated carbocycles. The summed E-state index contributed by atoms with van der Waals surface area (Å²) in [5.74, 6) is 0.0907. The third kappa shape index (κ3) is 2.89. The Balaban J connectivity index is 2.22. The minimum Gasteiger partial charge on any atom is -0.294 e. The first-order chi connectivity index (χ1) is 8.08. The van der Waals surface area contributed by atoms with Crippen molar-refractivity contribution in [1.82, 2.24) is 0 Å². The largest absolute Gasteiger partial charge is 0.294 e. The highest BCUT2D eigenvalue weighted by atomic mass is 35.5. The molecule has 0 atom stereocenters. The average Bonchev–Trinajstić information content (AvgIpc) is 2.68. The van der Waals surface area contributed by atoms with Crippen LogP contribution >= 0.6 is 34.5 Å². The van der Waals surface area contributed by atoms with Crippen LogP contribution < -0.4 is 0 Å². The molecule has 0 N–H and O–H groups in total. The third-order valence-electron chi connectivity index (χ3n) is 2.53. The number of carbonyl (C=O) groups is 1. The molecular formula is C13H10Cl2OS. The second-order valence-corrected chi connectivity index (χ2v) is 5.69. The summed E-state index contributed by atoms with van der Waals surface area (Å²) in [4.78, 5) is 13.1. The van der Waals surface area contributed by atoms with E-state index in [1.165, 1.54) is 0 Å². The van der Waals surface area contributed by atoms with Crippen LogP contribution in [-0.4, -0.2) is 5.78 Å². The van der Waals surface area contributed by atoms with Gasteiger partial charge in [-0.3, -0.25) is 4.79 Å². The molecule has 0 bridgehead atoms. The molecule has 0 radical (unpaired) electrons. The zero-order valence-corrected chi connectivity index (χ0v) is 11.5. The van der Waals surface area contributed by atoms with Crippen LogP contribution in [0, 0.1) is 6.92 Å². The maximum absolute atomic E-state index is 12.0. The summed E-state index contributed by atoms with van der Waals surface area (Å²) in [6, 6.07) is 7.05. The number of benzene rings is 1. The number of aryl methyl sites for hydroxylation is 1. The van der Waals surface area contributed by atoms with Gasteiger partial charge < -0.3 is 0 Å². The van der Waals surface area contributed by atoms with Gasteiger partial charge in [0.15, 0.2) is 5.78 Å². The molecule has 0 aliphatic rings. The van der Waals surface area contributed by atoms with Crippen molar-refractivity contribution in [2.45, 2.75) is 13.3 Å². The van der Waals surface area contributed by atoms with Crippen LogP contribution in [0.25, 0.3) is 0 Å². The van der Waals surface area contributed by atoms with Crippen molar-refractivity contribution in [3.63, 3.8) is 0 Å². The van der Waals surface area contributed by atoms with E-state index < -0.39 is 0 Å². The van der Waals surface area contributed by atoms with Gasteiger partial charge in [0.05, 0.1) is 0 Å². The van der Waals surface area contributed by atoms with Crippen molar-refractivity contribution in [3.05, 3.63) is 55.7 Å². The minimum atomic E-state index is 0.0907. The van der Waals surface area contributed by atoms with Gasteiger partial charge in [0.25, 0.3) is 0 Å². The summed E-state index contributed by atoms with van der Waals surface area (Å²) in [5, 5.41) is 3.04. The van der Waals surface area contributed by atoms with Crippen LogP contribution in [0.15, 0.2) is 29.6 Å². The molecule has 2 rings (SSSR count). The van der Waals surface area contributed by atoms with Crippen molar-refractivity contribution in [2.75, 3.05) is 0 Å². The van der Waals surface area contributed by atoms with Crippen LogP contribution in [-0.2, 0) is 6.42 Å².